The number of carbonyl (C=O) groups excluding carboxylic acids is 2. The number of phosphoric ester groups is 1. The van der Waals surface area contributed by atoms with Crippen LogP contribution in [0.2, 0.25) is 0 Å². The quantitative estimate of drug-likeness (QED) is 0.0293. The minimum Gasteiger partial charge on any atom is -0.462 e. The molecule has 2 unspecified atom stereocenters. The normalized spacial score (nSPS) is 14.0. The third kappa shape index (κ3) is 37.3. The number of hydrogen-bond acceptors (Lipinski definition) is 7. The zero-order valence-electron chi connectivity index (χ0n) is 32.5. The van der Waals surface area contributed by atoms with E-state index in [2.05, 4.69) is 79.1 Å². The van der Waals surface area contributed by atoms with Crippen molar-refractivity contribution in [1.82, 2.24) is 0 Å². The van der Waals surface area contributed by atoms with Crippen molar-refractivity contribution in [1.29, 1.82) is 0 Å². The molecule has 0 fully saturated rings. The molecule has 0 aliphatic heterocycles. The molecule has 0 saturated heterocycles. The van der Waals surface area contributed by atoms with Gasteiger partial charge in [-0.15, -0.1) is 0 Å². The van der Waals surface area contributed by atoms with Crippen molar-refractivity contribution < 1.29 is 37.6 Å². The highest BCUT2D eigenvalue weighted by Gasteiger charge is 2.24. The molecule has 0 radical (unpaired) electrons. The standard InChI is InChI=1S/C42H73O8P/c1-4-6-8-10-12-14-16-18-19-20-21-22-23-25-27-29-31-33-35-37-42(44)50-40(39-49-51(45,46)47-3)38-48-41(43)36-34-32-30-28-26-24-17-15-13-11-9-7-5-2/h6,8,12,14,18-19,21-22,25,27,40H,4-5,7,9-11,13,15-17,20,23-24,26,28-39H2,1-3H3,(H,45,46)/b8-6-,14-12-,19-18-,22-21-,27-25-. The van der Waals surface area contributed by atoms with E-state index in [1.54, 1.807) is 0 Å². The average Bonchev–Trinajstić information content (AvgIpc) is 3.12. The lowest BCUT2D eigenvalue weighted by Gasteiger charge is -2.19. The summed E-state index contributed by atoms with van der Waals surface area (Å²) in [6, 6.07) is 0. The Hall–Kier alpha value is -2.25. The molecule has 9 heteroatoms. The smallest absolute Gasteiger partial charge is 0.462 e. The zero-order chi connectivity index (χ0) is 37.5. The van der Waals surface area contributed by atoms with Crippen LogP contribution >= 0.6 is 7.82 Å². The van der Waals surface area contributed by atoms with Gasteiger partial charge < -0.3 is 14.4 Å². The van der Waals surface area contributed by atoms with E-state index in [4.69, 9.17) is 14.0 Å². The lowest BCUT2D eigenvalue weighted by molar-refractivity contribution is -0.161. The van der Waals surface area contributed by atoms with Gasteiger partial charge in [-0.3, -0.25) is 18.6 Å². The molecule has 0 bridgehead atoms. The maximum Gasteiger partial charge on any atom is 0.472 e. The minimum atomic E-state index is -4.27. The Kier molecular flexibility index (Phi) is 35.9. The van der Waals surface area contributed by atoms with Crippen LogP contribution in [0.3, 0.4) is 0 Å². The molecule has 294 valence electrons. The summed E-state index contributed by atoms with van der Waals surface area (Å²) >= 11 is 0. The van der Waals surface area contributed by atoms with Crippen LogP contribution in [0.4, 0.5) is 0 Å². The zero-order valence-corrected chi connectivity index (χ0v) is 33.4. The number of unbranched alkanes of at least 4 members (excludes halogenated alkanes) is 15. The Morgan fingerprint density at radius 3 is 1.49 bits per heavy atom. The lowest BCUT2D eigenvalue weighted by atomic mass is 10.0. The van der Waals surface area contributed by atoms with Crippen molar-refractivity contribution in [2.24, 2.45) is 0 Å². The summed E-state index contributed by atoms with van der Waals surface area (Å²) in [7, 11) is -3.22. The molecule has 0 rings (SSSR count). The molecule has 0 aliphatic carbocycles. The molecule has 0 heterocycles. The van der Waals surface area contributed by atoms with E-state index in [1.165, 1.54) is 64.2 Å². The first-order chi connectivity index (χ1) is 24.8. The Bertz CT molecular complexity index is 1020. The second-order valence-electron chi connectivity index (χ2n) is 13.0. The van der Waals surface area contributed by atoms with E-state index in [0.717, 1.165) is 77.7 Å². The van der Waals surface area contributed by atoms with E-state index in [1.807, 2.05) is 0 Å². The van der Waals surface area contributed by atoms with Gasteiger partial charge in [-0.2, -0.15) is 0 Å². The fourth-order valence-corrected chi connectivity index (χ4v) is 5.67. The van der Waals surface area contributed by atoms with Gasteiger partial charge in [-0.25, -0.2) is 4.57 Å². The number of phosphoric acid groups is 1. The molecule has 0 saturated carbocycles. The molecule has 2 atom stereocenters. The number of ether oxygens (including phenoxy) is 2. The number of carbonyl (C=O) groups is 2. The summed E-state index contributed by atoms with van der Waals surface area (Å²) in [4.78, 5) is 34.4. The Morgan fingerprint density at radius 2 is 1.00 bits per heavy atom. The largest absolute Gasteiger partial charge is 0.472 e. The van der Waals surface area contributed by atoms with Crippen molar-refractivity contribution >= 4 is 19.8 Å². The molecular formula is C42H73O8P. The molecule has 0 spiro atoms. The Morgan fingerprint density at radius 1 is 0.569 bits per heavy atom. The predicted molar refractivity (Wildman–Crippen MR) is 211 cm³/mol. The van der Waals surface area contributed by atoms with Gasteiger partial charge in [0.15, 0.2) is 6.10 Å². The highest BCUT2D eigenvalue weighted by atomic mass is 31.2. The fraction of sp³-hybridized carbons (Fsp3) is 0.714. The molecule has 0 aromatic rings. The summed E-state index contributed by atoms with van der Waals surface area (Å²) in [5.41, 5.74) is 0. The van der Waals surface area contributed by atoms with Gasteiger partial charge in [-0.05, 0) is 57.8 Å². The van der Waals surface area contributed by atoms with E-state index in [0.29, 0.717) is 6.42 Å². The summed E-state index contributed by atoms with van der Waals surface area (Å²) in [5.74, 6) is -0.843. The first kappa shape index (κ1) is 48.8. The highest BCUT2D eigenvalue weighted by molar-refractivity contribution is 7.47. The van der Waals surface area contributed by atoms with Crippen LogP contribution in [-0.4, -0.2) is 43.3 Å². The van der Waals surface area contributed by atoms with Gasteiger partial charge in [0.25, 0.3) is 0 Å². The van der Waals surface area contributed by atoms with Gasteiger partial charge in [-0.1, -0.05) is 158 Å². The van der Waals surface area contributed by atoms with Gasteiger partial charge >= 0.3 is 19.8 Å². The molecular weight excluding hydrogens is 663 g/mol. The van der Waals surface area contributed by atoms with Crippen LogP contribution < -0.4 is 0 Å². The molecule has 8 nitrogen and oxygen atoms in total. The number of esters is 2. The van der Waals surface area contributed by atoms with Crippen molar-refractivity contribution in [3.8, 4) is 0 Å². The predicted octanol–water partition coefficient (Wildman–Crippen LogP) is 12.4. The van der Waals surface area contributed by atoms with Crippen molar-refractivity contribution in [3.05, 3.63) is 60.8 Å². The third-order valence-electron chi connectivity index (χ3n) is 8.28. The number of allylic oxidation sites excluding steroid dienone is 10. The monoisotopic (exact) mass is 737 g/mol. The van der Waals surface area contributed by atoms with Crippen LogP contribution in [0, 0.1) is 0 Å². The number of hydrogen-bond donors (Lipinski definition) is 1. The average molecular weight is 737 g/mol. The topological polar surface area (TPSA) is 108 Å². The number of rotatable bonds is 36. The van der Waals surface area contributed by atoms with Gasteiger partial charge in [0, 0.05) is 20.0 Å². The summed E-state index contributed by atoms with van der Waals surface area (Å²) in [6.07, 6.45) is 45.5. The first-order valence-electron chi connectivity index (χ1n) is 20.0. The van der Waals surface area contributed by atoms with Crippen molar-refractivity contribution in [2.75, 3.05) is 20.3 Å². The van der Waals surface area contributed by atoms with Crippen LogP contribution in [0.1, 0.15) is 168 Å². The molecule has 0 aromatic carbocycles. The van der Waals surface area contributed by atoms with Crippen molar-refractivity contribution in [2.45, 2.75) is 174 Å². The van der Waals surface area contributed by atoms with E-state index < -0.39 is 26.5 Å². The minimum absolute atomic E-state index is 0.204. The Balaban J connectivity index is 4.12. The van der Waals surface area contributed by atoms with E-state index >= 15 is 0 Å². The van der Waals surface area contributed by atoms with Crippen LogP contribution in [-0.2, 0) is 32.7 Å². The SMILES string of the molecule is CC/C=C\C/C=C\C/C=C\C/C=C\C/C=C\CCCCCC(=O)OC(COC(=O)CCCCCCCCCCCCCCC)COP(=O)(O)OC. The maximum atomic E-state index is 12.5. The second-order valence-corrected chi connectivity index (χ2v) is 14.6. The van der Waals surface area contributed by atoms with Crippen LogP contribution in [0.15, 0.2) is 60.8 Å². The maximum absolute atomic E-state index is 12.5. The first-order valence-corrected chi connectivity index (χ1v) is 21.5. The molecule has 1 N–H and O–H groups in total. The Labute approximate surface area is 311 Å². The molecule has 0 aliphatic rings. The van der Waals surface area contributed by atoms with Crippen molar-refractivity contribution in [3.63, 3.8) is 0 Å². The summed E-state index contributed by atoms with van der Waals surface area (Å²) < 4.78 is 31.9. The van der Waals surface area contributed by atoms with Crippen LogP contribution in [0.5, 0.6) is 0 Å². The highest BCUT2D eigenvalue weighted by Crippen LogP contribution is 2.42. The molecule has 51 heavy (non-hydrogen) atoms. The molecule has 0 aromatic heterocycles. The van der Waals surface area contributed by atoms with Gasteiger partial charge in [0.2, 0.25) is 0 Å². The van der Waals surface area contributed by atoms with Gasteiger partial charge in [0.1, 0.15) is 6.61 Å². The second kappa shape index (κ2) is 37.5. The fourth-order valence-electron chi connectivity index (χ4n) is 5.21. The third-order valence-corrected chi connectivity index (χ3v) is 9.21. The summed E-state index contributed by atoms with van der Waals surface area (Å²) in [6.45, 7) is 3.74. The van der Waals surface area contributed by atoms with E-state index in [9.17, 15) is 19.0 Å². The lowest BCUT2D eigenvalue weighted by Crippen LogP contribution is -2.29. The van der Waals surface area contributed by atoms with E-state index in [-0.39, 0.29) is 25.4 Å². The van der Waals surface area contributed by atoms with Gasteiger partial charge in [0.05, 0.1) is 6.61 Å². The summed E-state index contributed by atoms with van der Waals surface area (Å²) in [5, 5.41) is 0. The molecule has 0 amide bonds. The van der Waals surface area contributed by atoms with Crippen LogP contribution in [0.25, 0.3) is 0 Å².